The maximum Gasteiger partial charge on any atom is 0.257 e. The van der Waals surface area contributed by atoms with Gasteiger partial charge in [-0.25, -0.2) is 0 Å². The van der Waals surface area contributed by atoms with E-state index in [4.69, 9.17) is 4.74 Å². The summed E-state index contributed by atoms with van der Waals surface area (Å²) < 4.78 is 5.10. The van der Waals surface area contributed by atoms with Crippen LogP contribution < -0.4 is 20.9 Å². The predicted molar refractivity (Wildman–Crippen MR) is 93.0 cm³/mol. The molecule has 2 aromatic rings. The summed E-state index contributed by atoms with van der Waals surface area (Å²) in [6, 6.07) is 15.2. The number of hydrazine groups is 1. The normalized spacial score (nSPS) is 9.83. The number of hydrogen-bond acceptors (Lipinski definition) is 4. The summed E-state index contributed by atoms with van der Waals surface area (Å²) >= 11 is 0. The van der Waals surface area contributed by atoms with Gasteiger partial charge in [0.2, 0.25) is 0 Å². The SMILES string of the molecule is C=C(NNC(=O)CNc1ccccc1C)c1ccc(OC)cc1. The first-order chi connectivity index (χ1) is 11.1. The van der Waals surface area contributed by atoms with Crippen LogP contribution >= 0.6 is 0 Å². The summed E-state index contributed by atoms with van der Waals surface area (Å²) in [5, 5.41) is 3.09. The molecule has 2 rings (SSSR count). The van der Waals surface area contributed by atoms with E-state index in [9.17, 15) is 4.79 Å². The molecule has 0 radical (unpaired) electrons. The minimum Gasteiger partial charge on any atom is -0.497 e. The average Bonchev–Trinajstić information content (AvgIpc) is 2.59. The summed E-state index contributed by atoms with van der Waals surface area (Å²) in [6.07, 6.45) is 0. The van der Waals surface area contributed by atoms with Gasteiger partial charge < -0.3 is 10.1 Å². The molecule has 3 N–H and O–H groups in total. The largest absolute Gasteiger partial charge is 0.497 e. The zero-order valence-corrected chi connectivity index (χ0v) is 13.3. The second-order valence-electron chi connectivity index (χ2n) is 5.05. The number of aryl methyl sites for hydroxylation is 1. The topological polar surface area (TPSA) is 62.4 Å². The molecule has 2 aromatic carbocycles. The Morgan fingerprint density at radius 1 is 1.09 bits per heavy atom. The fourth-order valence-electron chi connectivity index (χ4n) is 2.00. The Balaban J connectivity index is 1.79. The van der Waals surface area contributed by atoms with Gasteiger partial charge in [-0.05, 0) is 48.4 Å². The standard InChI is InChI=1S/C18H21N3O2/c1-13-6-4-5-7-17(13)19-12-18(22)21-20-14(2)15-8-10-16(23-3)11-9-15/h4-11,19-20H,2,12H2,1,3H3,(H,21,22). The van der Waals surface area contributed by atoms with Crippen molar-refractivity contribution in [2.24, 2.45) is 0 Å². The number of carbonyl (C=O) groups excluding carboxylic acids is 1. The number of nitrogens with one attached hydrogen (secondary N) is 3. The number of anilines is 1. The van der Waals surface area contributed by atoms with Crippen LogP contribution in [0, 0.1) is 6.92 Å². The number of amides is 1. The monoisotopic (exact) mass is 311 g/mol. The van der Waals surface area contributed by atoms with E-state index in [0.29, 0.717) is 5.70 Å². The third-order valence-electron chi connectivity index (χ3n) is 3.38. The molecule has 0 unspecified atom stereocenters. The molecule has 0 spiro atoms. The van der Waals surface area contributed by atoms with Gasteiger partial charge in [0.25, 0.3) is 5.91 Å². The molecule has 23 heavy (non-hydrogen) atoms. The summed E-state index contributed by atoms with van der Waals surface area (Å²) in [6.45, 7) is 6.06. The lowest BCUT2D eigenvalue weighted by atomic mass is 10.2. The molecule has 0 bridgehead atoms. The molecule has 0 aromatic heterocycles. The molecule has 0 saturated carbocycles. The summed E-state index contributed by atoms with van der Waals surface area (Å²) in [5.41, 5.74) is 8.95. The Morgan fingerprint density at radius 3 is 2.43 bits per heavy atom. The number of para-hydroxylation sites is 1. The van der Waals surface area contributed by atoms with E-state index in [1.54, 1.807) is 7.11 Å². The van der Waals surface area contributed by atoms with Crippen LogP contribution in [0.15, 0.2) is 55.1 Å². The highest BCUT2D eigenvalue weighted by molar-refractivity contribution is 5.81. The first-order valence-corrected chi connectivity index (χ1v) is 7.28. The summed E-state index contributed by atoms with van der Waals surface area (Å²) in [4.78, 5) is 11.9. The van der Waals surface area contributed by atoms with Gasteiger partial charge in [0.05, 0.1) is 19.4 Å². The molecule has 0 saturated heterocycles. The fourth-order valence-corrected chi connectivity index (χ4v) is 2.00. The zero-order chi connectivity index (χ0) is 16.7. The average molecular weight is 311 g/mol. The van der Waals surface area contributed by atoms with E-state index >= 15 is 0 Å². The number of rotatable bonds is 7. The number of methoxy groups -OCH3 is 1. The first kappa shape index (κ1) is 16.4. The Labute approximate surface area is 136 Å². The summed E-state index contributed by atoms with van der Waals surface area (Å²) in [7, 11) is 1.61. The van der Waals surface area contributed by atoms with Gasteiger partial charge in [0, 0.05) is 5.69 Å². The molecule has 0 atom stereocenters. The van der Waals surface area contributed by atoms with Crippen LogP contribution in [0.1, 0.15) is 11.1 Å². The van der Waals surface area contributed by atoms with Gasteiger partial charge >= 0.3 is 0 Å². The lowest BCUT2D eigenvalue weighted by Crippen LogP contribution is -2.39. The maximum atomic E-state index is 11.9. The van der Waals surface area contributed by atoms with Crippen molar-refractivity contribution in [3.05, 3.63) is 66.2 Å². The van der Waals surface area contributed by atoms with E-state index in [-0.39, 0.29) is 12.5 Å². The Morgan fingerprint density at radius 2 is 1.78 bits per heavy atom. The highest BCUT2D eigenvalue weighted by Crippen LogP contribution is 2.15. The van der Waals surface area contributed by atoms with Crippen LogP contribution in [0.5, 0.6) is 5.75 Å². The highest BCUT2D eigenvalue weighted by atomic mass is 16.5. The van der Waals surface area contributed by atoms with Crippen molar-refractivity contribution in [2.45, 2.75) is 6.92 Å². The lowest BCUT2D eigenvalue weighted by Gasteiger charge is -2.13. The number of benzene rings is 2. The highest BCUT2D eigenvalue weighted by Gasteiger charge is 2.04. The molecule has 0 heterocycles. The van der Waals surface area contributed by atoms with Gasteiger partial charge in [0.1, 0.15) is 5.75 Å². The molecule has 120 valence electrons. The predicted octanol–water partition coefficient (Wildman–Crippen LogP) is 2.71. The van der Waals surface area contributed by atoms with Crippen molar-refractivity contribution in [3.8, 4) is 5.75 Å². The molecule has 5 heteroatoms. The van der Waals surface area contributed by atoms with E-state index in [1.165, 1.54) is 0 Å². The number of carbonyl (C=O) groups is 1. The third kappa shape index (κ3) is 4.78. The van der Waals surface area contributed by atoms with Gasteiger partial charge in [-0.2, -0.15) is 0 Å². The zero-order valence-electron chi connectivity index (χ0n) is 13.3. The Kier molecular flexibility index (Phi) is 5.63. The third-order valence-corrected chi connectivity index (χ3v) is 3.38. The molecule has 5 nitrogen and oxygen atoms in total. The van der Waals surface area contributed by atoms with Gasteiger partial charge in [-0.3, -0.25) is 15.6 Å². The van der Waals surface area contributed by atoms with E-state index in [0.717, 1.165) is 22.6 Å². The van der Waals surface area contributed by atoms with E-state index in [1.807, 2.05) is 55.5 Å². The first-order valence-electron chi connectivity index (χ1n) is 7.28. The summed E-state index contributed by atoms with van der Waals surface area (Å²) in [5.74, 6) is 0.593. The van der Waals surface area contributed by atoms with Crippen LogP contribution in [0.2, 0.25) is 0 Å². The second-order valence-corrected chi connectivity index (χ2v) is 5.05. The quantitative estimate of drug-likeness (QED) is 0.688. The minimum absolute atomic E-state index is 0.174. The molecular weight excluding hydrogens is 290 g/mol. The van der Waals surface area contributed by atoms with Crippen LogP contribution in [-0.4, -0.2) is 19.6 Å². The van der Waals surface area contributed by atoms with Crippen molar-refractivity contribution < 1.29 is 9.53 Å². The van der Waals surface area contributed by atoms with E-state index in [2.05, 4.69) is 22.7 Å². The van der Waals surface area contributed by atoms with Crippen molar-refractivity contribution in [2.75, 3.05) is 19.0 Å². The molecule has 1 amide bonds. The molecule has 0 aliphatic carbocycles. The van der Waals surface area contributed by atoms with Crippen molar-refractivity contribution in [1.29, 1.82) is 0 Å². The van der Waals surface area contributed by atoms with Crippen molar-refractivity contribution in [3.63, 3.8) is 0 Å². The number of hydrogen-bond donors (Lipinski definition) is 3. The van der Waals surface area contributed by atoms with Crippen molar-refractivity contribution in [1.82, 2.24) is 10.9 Å². The minimum atomic E-state index is -0.178. The van der Waals surface area contributed by atoms with E-state index < -0.39 is 0 Å². The molecule has 0 aliphatic rings. The Hall–Kier alpha value is -2.95. The van der Waals surface area contributed by atoms with Crippen molar-refractivity contribution >= 4 is 17.3 Å². The second kappa shape index (κ2) is 7.89. The molecular formula is C18H21N3O2. The molecule has 0 aliphatic heterocycles. The van der Waals surface area contributed by atoms with Crippen LogP contribution in [0.4, 0.5) is 5.69 Å². The smallest absolute Gasteiger partial charge is 0.257 e. The lowest BCUT2D eigenvalue weighted by molar-refractivity contribution is -0.120. The van der Waals surface area contributed by atoms with Crippen LogP contribution in [0.25, 0.3) is 5.70 Å². The van der Waals surface area contributed by atoms with Crippen LogP contribution in [-0.2, 0) is 4.79 Å². The maximum absolute atomic E-state index is 11.9. The molecule has 0 fully saturated rings. The Bertz CT molecular complexity index is 681. The fraction of sp³-hybridized carbons (Fsp3) is 0.167. The van der Waals surface area contributed by atoms with Gasteiger partial charge in [0.15, 0.2) is 0 Å². The van der Waals surface area contributed by atoms with Gasteiger partial charge in [-0.15, -0.1) is 0 Å². The van der Waals surface area contributed by atoms with Crippen LogP contribution in [0.3, 0.4) is 0 Å². The number of ether oxygens (including phenoxy) is 1. The van der Waals surface area contributed by atoms with Gasteiger partial charge in [-0.1, -0.05) is 24.8 Å².